The molecule has 4 atom stereocenters. The van der Waals surface area contributed by atoms with Gasteiger partial charge in [0.2, 0.25) is 15.8 Å². The van der Waals surface area contributed by atoms with Crippen molar-refractivity contribution < 1.29 is 50.5 Å². The summed E-state index contributed by atoms with van der Waals surface area (Å²) in [7, 11) is -0.882. The molecule has 1 aromatic heterocycles. The highest BCUT2D eigenvalue weighted by atomic mass is 35.5. The number of fused-ring (bicyclic) bond motifs is 8. The Hall–Kier alpha value is -4.14. The van der Waals surface area contributed by atoms with Crippen LogP contribution in [0.2, 0.25) is 5.02 Å². The molecule has 7 rings (SSSR count). The van der Waals surface area contributed by atoms with Crippen LogP contribution in [-0.4, -0.2) is 67.4 Å². The number of alkyl halides is 3. The summed E-state index contributed by atoms with van der Waals surface area (Å²) < 4.78 is 85.9. The van der Waals surface area contributed by atoms with Crippen molar-refractivity contribution >= 4 is 27.4 Å². The summed E-state index contributed by atoms with van der Waals surface area (Å²) in [5, 5.41) is 23.9. The number of furan rings is 1. The van der Waals surface area contributed by atoms with E-state index < -0.39 is 50.6 Å². The number of sulfonamides is 1. The van der Waals surface area contributed by atoms with Gasteiger partial charge in [0, 0.05) is 41.3 Å². The fraction of sp³-hybridized carbons (Fsp3) is 0.432. The highest BCUT2D eigenvalue weighted by molar-refractivity contribution is 7.88. The van der Waals surface area contributed by atoms with Gasteiger partial charge in [0.1, 0.15) is 17.3 Å². The summed E-state index contributed by atoms with van der Waals surface area (Å²) in [5.74, 6) is -0.170. The van der Waals surface area contributed by atoms with Crippen LogP contribution in [0.3, 0.4) is 0 Å². The molecule has 0 unspecified atom stereocenters. The minimum Gasteiger partial charge on any atom is -0.497 e. The van der Waals surface area contributed by atoms with Crippen LogP contribution in [0, 0.1) is 5.41 Å². The van der Waals surface area contributed by atoms with Gasteiger partial charge in [-0.2, -0.15) is 17.5 Å². The number of nitrogens with zero attached hydrogens (tertiary/aromatic N) is 1. The van der Waals surface area contributed by atoms with Crippen LogP contribution >= 0.6 is 11.6 Å². The van der Waals surface area contributed by atoms with Gasteiger partial charge < -0.3 is 24.1 Å². The Bertz CT molecular complexity index is 2310. The molecule has 312 valence electrons. The molecule has 9 nitrogen and oxygen atoms in total. The third kappa shape index (κ3) is 9.03. The van der Waals surface area contributed by atoms with E-state index in [-0.39, 0.29) is 53.6 Å². The van der Waals surface area contributed by atoms with E-state index in [1.165, 1.54) is 30.7 Å². The number of allylic oxidation sites excluding steroid dienone is 2. The Morgan fingerprint density at radius 1 is 1.02 bits per heavy atom. The largest absolute Gasteiger partial charge is 0.497 e. The van der Waals surface area contributed by atoms with Gasteiger partial charge in [-0.3, -0.25) is 4.79 Å². The summed E-state index contributed by atoms with van der Waals surface area (Å²) in [6.45, 7) is 3.64. The average molecular weight is 844 g/mol. The highest BCUT2D eigenvalue weighted by Gasteiger charge is 2.58. The number of halogens is 4. The van der Waals surface area contributed by atoms with Crippen LogP contribution in [0.15, 0.2) is 82.8 Å². The monoisotopic (exact) mass is 843 g/mol. The van der Waals surface area contributed by atoms with E-state index >= 15 is 0 Å². The van der Waals surface area contributed by atoms with Gasteiger partial charge in [-0.05, 0) is 111 Å². The van der Waals surface area contributed by atoms with Crippen molar-refractivity contribution in [2.45, 2.75) is 89.1 Å². The van der Waals surface area contributed by atoms with Crippen molar-refractivity contribution in [1.82, 2.24) is 4.31 Å². The zero-order valence-corrected chi connectivity index (χ0v) is 34.7. The molecule has 14 heteroatoms. The Labute approximate surface area is 342 Å². The second kappa shape index (κ2) is 16.8. The van der Waals surface area contributed by atoms with E-state index in [2.05, 4.69) is 6.08 Å². The topological polar surface area (TPSA) is 127 Å². The molecule has 1 heterocycles. The predicted molar refractivity (Wildman–Crippen MR) is 216 cm³/mol. The molecule has 0 aliphatic heterocycles. The smallest absolute Gasteiger partial charge is 0.416 e. The summed E-state index contributed by atoms with van der Waals surface area (Å²) in [5.41, 5.74) is -0.265. The molecule has 3 aliphatic carbocycles. The number of ketones is 1. The predicted octanol–water partition coefficient (Wildman–Crippen LogP) is 9.37. The van der Waals surface area contributed by atoms with Gasteiger partial charge in [-0.15, -0.1) is 0 Å². The van der Waals surface area contributed by atoms with E-state index in [9.17, 15) is 36.6 Å². The lowest BCUT2D eigenvalue weighted by Crippen LogP contribution is -2.53. The molecule has 0 amide bonds. The van der Waals surface area contributed by atoms with Crippen molar-refractivity contribution in [1.29, 1.82) is 0 Å². The second-order valence-electron chi connectivity index (χ2n) is 15.8. The number of carbonyl (C=O) groups excluding carboxylic acids is 1. The standard InChI is InChI=1S/C44H49ClF3NO8S/c1-27-7-6-19-42(2)36(18-20-43(42,52)26-49(58(5,53)54)25-29-10-13-32(55-3)24-40(29)56-4)33-14-9-28(21-31(50)12-8-27)22-34(33)41(51)39-17-16-38(57-39)35-23-30(44(46,47)48)11-15-37(35)45/h7,9-11,13-17,22-24,31,36,50,52H,6,8,12,18-21,25-26H2,1-5H3/t31-,36-,42-,43+/m0/s1. The number of benzene rings is 3. The van der Waals surface area contributed by atoms with Crippen LogP contribution in [0.25, 0.3) is 11.3 Å². The minimum absolute atomic E-state index is 0.0123. The Balaban J connectivity index is 1.43. The van der Waals surface area contributed by atoms with E-state index in [4.69, 9.17) is 25.5 Å². The van der Waals surface area contributed by atoms with E-state index in [0.29, 0.717) is 60.3 Å². The minimum atomic E-state index is -4.63. The third-order valence-corrected chi connectivity index (χ3v) is 13.6. The first kappa shape index (κ1) is 43.4. The van der Waals surface area contributed by atoms with Gasteiger partial charge in [0.25, 0.3) is 0 Å². The van der Waals surface area contributed by atoms with Crippen LogP contribution in [-0.2, 0) is 29.2 Å². The number of aliphatic hydroxyl groups is 2. The number of aliphatic hydroxyl groups excluding tert-OH is 1. The van der Waals surface area contributed by atoms with E-state index in [1.54, 1.807) is 24.3 Å². The lowest BCUT2D eigenvalue weighted by Gasteiger charge is -2.45. The molecule has 2 bridgehead atoms. The Morgan fingerprint density at radius 3 is 2.47 bits per heavy atom. The number of hydrogen-bond acceptors (Lipinski definition) is 8. The van der Waals surface area contributed by atoms with Crippen molar-refractivity contribution in [3.05, 3.63) is 117 Å². The molecular formula is C44H49ClF3NO8S. The lowest BCUT2D eigenvalue weighted by molar-refractivity contribution is -0.137. The average Bonchev–Trinajstić information content (AvgIpc) is 3.75. The summed E-state index contributed by atoms with van der Waals surface area (Å²) in [6.07, 6.45) is 0.865. The molecule has 3 aliphatic rings. The zero-order chi connectivity index (χ0) is 42.2. The quantitative estimate of drug-likeness (QED) is 0.120. The number of carbonyl (C=O) groups is 1. The molecule has 3 aromatic carbocycles. The first-order valence-electron chi connectivity index (χ1n) is 19.1. The molecule has 0 radical (unpaired) electrons. The van der Waals surface area contributed by atoms with Crippen LogP contribution in [0.4, 0.5) is 13.2 Å². The number of rotatable bonds is 10. The van der Waals surface area contributed by atoms with Gasteiger partial charge >= 0.3 is 6.18 Å². The first-order chi connectivity index (χ1) is 27.3. The van der Waals surface area contributed by atoms with Gasteiger partial charge in [0.05, 0.1) is 42.8 Å². The summed E-state index contributed by atoms with van der Waals surface area (Å²) >= 11 is 6.32. The molecule has 4 aromatic rings. The maximum absolute atomic E-state index is 14.6. The maximum atomic E-state index is 14.6. The van der Waals surface area contributed by atoms with Crippen molar-refractivity contribution in [2.24, 2.45) is 5.41 Å². The zero-order valence-electron chi connectivity index (χ0n) is 33.2. The van der Waals surface area contributed by atoms with E-state index in [1.807, 2.05) is 26.0 Å². The maximum Gasteiger partial charge on any atom is 0.416 e. The number of ether oxygens (including phenoxy) is 2. The SMILES string of the molecule is COc1ccc(CN(C[C@]2(O)CC[C@H]3c4ccc(cc4C(=O)c4ccc(-c5cc(C(F)(F)F)ccc5Cl)o4)C[C@@H](O)CCC(C)=CCC[C@@]32C)S(C)(=O)=O)c(OC)c1. The van der Waals surface area contributed by atoms with Crippen molar-refractivity contribution in [2.75, 3.05) is 27.0 Å². The van der Waals surface area contributed by atoms with E-state index in [0.717, 1.165) is 30.0 Å². The second-order valence-corrected chi connectivity index (χ2v) is 18.2. The highest BCUT2D eigenvalue weighted by Crippen LogP contribution is 2.59. The molecule has 58 heavy (non-hydrogen) atoms. The molecular weight excluding hydrogens is 795 g/mol. The molecule has 0 saturated heterocycles. The summed E-state index contributed by atoms with van der Waals surface area (Å²) in [6, 6.07) is 16.2. The fourth-order valence-corrected chi connectivity index (χ4v) is 9.61. The molecule has 1 saturated carbocycles. The van der Waals surface area contributed by atoms with Gasteiger partial charge in [-0.1, -0.05) is 48.4 Å². The van der Waals surface area contributed by atoms with Crippen molar-refractivity contribution in [3.8, 4) is 22.8 Å². The van der Waals surface area contributed by atoms with Crippen LogP contribution < -0.4 is 9.47 Å². The summed E-state index contributed by atoms with van der Waals surface area (Å²) in [4.78, 5) is 14.6. The Kier molecular flexibility index (Phi) is 12.6. The Morgan fingerprint density at radius 2 is 1.78 bits per heavy atom. The number of methoxy groups -OCH3 is 2. The van der Waals surface area contributed by atoms with Crippen LogP contribution in [0.1, 0.15) is 96.7 Å². The van der Waals surface area contributed by atoms with Gasteiger partial charge in [0.15, 0.2) is 5.76 Å². The molecule has 1 fully saturated rings. The normalized spacial score (nSPS) is 23.0. The molecule has 2 N–H and O–H groups in total. The van der Waals surface area contributed by atoms with Gasteiger partial charge in [-0.25, -0.2) is 8.42 Å². The lowest BCUT2D eigenvalue weighted by atomic mass is 9.65. The third-order valence-electron chi connectivity index (χ3n) is 12.1. The first-order valence-corrected chi connectivity index (χ1v) is 21.4. The molecule has 0 spiro atoms. The fourth-order valence-electron chi connectivity index (χ4n) is 8.58. The van der Waals surface area contributed by atoms with Crippen LogP contribution in [0.5, 0.6) is 11.5 Å². The van der Waals surface area contributed by atoms with Crippen molar-refractivity contribution in [3.63, 3.8) is 0 Å². The number of hydrogen-bond donors (Lipinski definition) is 2.